The molecule has 14 heavy (non-hydrogen) atoms. The van der Waals surface area contributed by atoms with E-state index in [4.69, 9.17) is 0 Å². The highest BCUT2D eigenvalue weighted by Gasteiger charge is 2.50. The van der Waals surface area contributed by atoms with Gasteiger partial charge in [-0.1, -0.05) is 46.3 Å². The third-order valence-electron chi connectivity index (χ3n) is 3.53. The van der Waals surface area contributed by atoms with Gasteiger partial charge < -0.3 is 0 Å². The molecule has 74 valence electrons. The maximum atomic E-state index is 3.77. The minimum Gasteiger partial charge on any atom is -0.295 e. The Kier molecular flexibility index (Phi) is 2.14. The van der Waals surface area contributed by atoms with Crippen LogP contribution in [0.3, 0.4) is 0 Å². The van der Waals surface area contributed by atoms with E-state index in [2.05, 4.69) is 51.2 Å². The molecular weight excluding hydrogens is 238 g/mol. The second-order valence-corrected chi connectivity index (χ2v) is 5.48. The molecule has 1 nitrogen and oxygen atoms in total. The van der Waals surface area contributed by atoms with Gasteiger partial charge in [-0.25, -0.2) is 0 Å². The summed E-state index contributed by atoms with van der Waals surface area (Å²) < 4.78 is 0. The maximum absolute atomic E-state index is 3.77. The normalized spacial score (nSPS) is 35.6. The molecule has 1 aromatic rings. The zero-order valence-corrected chi connectivity index (χ0v) is 9.65. The quantitative estimate of drug-likeness (QED) is 0.731. The number of hydrogen-bond donors (Lipinski definition) is 0. The van der Waals surface area contributed by atoms with Gasteiger partial charge in [-0.2, -0.15) is 0 Å². The fourth-order valence-electron chi connectivity index (χ4n) is 2.65. The first-order valence-electron chi connectivity index (χ1n) is 5.26. The number of fused-ring (bicyclic) bond motifs is 1. The average molecular weight is 252 g/mol. The minimum absolute atomic E-state index is 0.770. The summed E-state index contributed by atoms with van der Waals surface area (Å²) in [4.78, 5) is 3.38. The molecule has 3 aliphatic rings. The first-order chi connectivity index (χ1) is 6.84. The van der Waals surface area contributed by atoms with E-state index in [9.17, 15) is 0 Å². The molecule has 0 aromatic heterocycles. The van der Waals surface area contributed by atoms with Crippen LogP contribution in [0.4, 0.5) is 0 Å². The van der Waals surface area contributed by atoms with E-state index in [1.165, 1.54) is 18.5 Å². The Morgan fingerprint density at radius 2 is 2.07 bits per heavy atom. The van der Waals surface area contributed by atoms with Gasteiger partial charge >= 0.3 is 0 Å². The molecule has 1 saturated carbocycles. The van der Waals surface area contributed by atoms with Gasteiger partial charge in [0, 0.05) is 24.0 Å². The smallest absolute Gasteiger partial charge is 0.0342 e. The van der Waals surface area contributed by atoms with Gasteiger partial charge in [0.1, 0.15) is 0 Å². The summed E-state index contributed by atoms with van der Waals surface area (Å²) in [5.41, 5.74) is 1.44. The highest BCUT2D eigenvalue weighted by Crippen LogP contribution is 2.45. The average Bonchev–Trinajstić information content (AvgIpc) is 2.75. The first-order valence-corrected chi connectivity index (χ1v) is 6.18. The Bertz CT molecular complexity index is 324. The summed E-state index contributed by atoms with van der Waals surface area (Å²) in [6.45, 7) is 2.42. The van der Waals surface area contributed by atoms with Crippen molar-refractivity contribution in [1.82, 2.24) is 4.90 Å². The highest BCUT2D eigenvalue weighted by atomic mass is 79.9. The largest absolute Gasteiger partial charge is 0.295 e. The maximum Gasteiger partial charge on any atom is 0.0342 e. The van der Waals surface area contributed by atoms with E-state index >= 15 is 0 Å². The molecule has 2 heteroatoms. The number of benzene rings is 1. The lowest BCUT2D eigenvalue weighted by molar-refractivity contribution is 0.250. The van der Waals surface area contributed by atoms with Crippen LogP contribution >= 0.6 is 15.9 Å². The van der Waals surface area contributed by atoms with Gasteiger partial charge in [0.2, 0.25) is 0 Å². The third-order valence-corrected chi connectivity index (χ3v) is 4.89. The molecule has 2 heterocycles. The van der Waals surface area contributed by atoms with Gasteiger partial charge in [0.25, 0.3) is 0 Å². The second kappa shape index (κ2) is 3.35. The van der Waals surface area contributed by atoms with Crippen LogP contribution in [-0.4, -0.2) is 22.3 Å². The molecule has 0 amide bonds. The van der Waals surface area contributed by atoms with E-state index in [1.807, 2.05) is 0 Å². The molecule has 4 rings (SSSR count). The SMILES string of the molecule is BrC1C2CC1N(Cc1ccccc1)C2. The first kappa shape index (κ1) is 8.93. The summed E-state index contributed by atoms with van der Waals surface area (Å²) in [7, 11) is 0. The topological polar surface area (TPSA) is 3.24 Å². The standard InChI is InChI=1S/C12H14BrN/c13-12-10-6-11(12)14(8-10)7-9-4-2-1-3-5-9/h1-5,10-12H,6-8H2. The van der Waals surface area contributed by atoms with Gasteiger partial charge in [-0.05, 0) is 17.9 Å². The van der Waals surface area contributed by atoms with Crippen molar-refractivity contribution in [2.45, 2.75) is 23.8 Å². The van der Waals surface area contributed by atoms with Crippen molar-refractivity contribution >= 4 is 15.9 Å². The van der Waals surface area contributed by atoms with E-state index in [0.717, 1.165) is 23.3 Å². The van der Waals surface area contributed by atoms with Gasteiger partial charge in [0.05, 0.1) is 0 Å². The van der Waals surface area contributed by atoms with Gasteiger partial charge in [-0.3, -0.25) is 4.90 Å². The Balaban J connectivity index is 1.69. The predicted molar refractivity (Wildman–Crippen MR) is 61.5 cm³/mol. The fraction of sp³-hybridized carbons (Fsp3) is 0.500. The predicted octanol–water partition coefficient (Wildman–Crippen LogP) is 2.65. The molecule has 2 saturated heterocycles. The van der Waals surface area contributed by atoms with Gasteiger partial charge in [-0.15, -0.1) is 0 Å². The molecule has 2 aliphatic heterocycles. The van der Waals surface area contributed by atoms with E-state index in [1.54, 1.807) is 0 Å². The lowest BCUT2D eigenvalue weighted by Crippen LogP contribution is -2.39. The molecule has 0 N–H and O–H groups in total. The molecule has 3 fully saturated rings. The fourth-order valence-corrected chi connectivity index (χ4v) is 3.58. The van der Waals surface area contributed by atoms with Crippen molar-refractivity contribution in [2.24, 2.45) is 5.92 Å². The van der Waals surface area contributed by atoms with Crippen molar-refractivity contribution < 1.29 is 0 Å². The van der Waals surface area contributed by atoms with E-state index in [0.29, 0.717) is 0 Å². The number of hydrogen-bond acceptors (Lipinski definition) is 1. The van der Waals surface area contributed by atoms with Crippen molar-refractivity contribution in [3.63, 3.8) is 0 Å². The molecule has 0 spiro atoms. The molecular formula is C12H14BrN. The summed E-state index contributed by atoms with van der Waals surface area (Å²) in [5.74, 6) is 0.920. The Morgan fingerprint density at radius 1 is 1.29 bits per heavy atom. The van der Waals surface area contributed by atoms with Crippen LogP contribution in [0.1, 0.15) is 12.0 Å². The summed E-state index contributed by atoms with van der Waals surface area (Å²) >= 11 is 3.77. The van der Waals surface area contributed by atoms with Crippen molar-refractivity contribution in [3.8, 4) is 0 Å². The lowest BCUT2D eigenvalue weighted by Gasteiger charge is -2.32. The molecule has 1 aliphatic carbocycles. The summed E-state index contributed by atoms with van der Waals surface area (Å²) in [5, 5.41) is 0. The summed E-state index contributed by atoms with van der Waals surface area (Å²) in [6.07, 6.45) is 1.41. The molecule has 1 aromatic carbocycles. The monoisotopic (exact) mass is 251 g/mol. The number of rotatable bonds is 2. The van der Waals surface area contributed by atoms with Crippen molar-refractivity contribution in [1.29, 1.82) is 0 Å². The highest BCUT2D eigenvalue weighted by molar-refractivity contribution is 9.09. The number of alkyl halides is 1. The number of halogens is 1. The van der Waals surface area contributed by atoms with Crippen LogP contribution in [0.5, 0.6) is 0 Å². The second-order valence-electron chi connectivity index (χ2n) is 4.42. The van der Waals surface area contributed by atoms with Crippen LogP contribution in [0.25, 0.3) is 0 Å². The summed E-state index contributed by atoms with van der Waals surface area (Å²) in [6, 6.07) is 11.6. The van der Waals surface area contributed by atoms with Crippen LogP contribution in [0, 0.1) is 5.92 Å². The Morgan fingerprint density at radius 3 is 2.64 bits per heavy atom. The number of nitrogens with zero attached hydrogens (tertiary/aromatic N) is 1. The van der Waals surface area contributed by atoms with Crippen LogP contribution in [0.15, 0.2) is 30.3 Å². The molecule has 2 bridgehead atoms. The van der Waals surface area contributed by atoms with Crippen LogP contribution < -0.4 is 0 Å². The van der Waals surface area contributed by atoms with Crippen LogP contribution in [-0.2, 0) is 6.54 Å². The minimum atomic E-state index is 0.770. The lowest BCUT2D eigenvalue weighted by atomic mass is 9.86. The van der Waals surface area contributed by atoms with E-state index in [-0.39, 0.29) is 0 Å². The molecule has 3 atom stereocenters. The van der Waals surface area contributed by atoms with Crippen molar-refractivity contribution in [3.05, 3.63) is 35.9 Å². The third kappa shape index (κ3) is 1.32. The van der Waals surface area contributed by atoms with Crippen LogP contribution in [0.2, 0.25) is 0 Å². The Hall–Kier alpha value is -0.340. The zero-order chi connectivity index (χ0) is 9.54. The Labute approximate surface area is 93.2 Å². The zero-order valence-electron chi connectivity index (χ0n) is 8.07. The molecule has 0 radical (unpaired) electrons. The molecule has 3 unspecified atom stereocenters. The van der Waals surface area contributed by atoms with Gasteiger partial charge in [0.15, 0.2) is 0 Å². The van der Waals surface area contributed by atoms with Crippen molar-refractivity contribution in [2.75, 3.05) is 6.54 Å². The van der Waals surface area contributed by atoms with E-state index < -0.39 is 0 Å².